The highest BCUT2D eigenvalue weighted by atomic mass is 16.5. The van der Waals surface area contributed by atoms with E-state index in [1.165, 1.54) is 51.2 Å². The highest BCUT2D eigenvalue weighted by molar-refractivity contribution is 5.94. The van der Waals surface area contributed by atoms with Crippen LogP contribution >= 0.6 is 0 Å². The first-order chi connectivity index (χ1) is 11.2. The summed E-state index contributed by atoms with van der Waals surface area (Å²) in [5.41, 5.74) is 2.93. The van der Waals surface area contributed by atoms with Crippen molar-refractivity contribution in [1.82, 2.24) is 0 Å². The summed E-state index contributed by atoms with van der Waals surface area (Å²) in [5, 5.41) is 0. The molecule has 0 spiro atoms. The van der Waals surface area contributed by atoms with E-state index in [0.29, 0.717) is 11.3 Å². The lowest BCUT2D eigenvalue weighted by atomic mass is 9.95. The third kappa shape index (κ3) is 6.25. The van der Waals surface area contributed by atoms with Crippen LogP contribution in [-0.2, 0) is 17.6 Å². The zero-order chi connectivity index (χ0) is 17.1. The van der Waals surface area contributed by atoms with Gasteiger partial charge in [-0.05, 0) is 42.9 Å². The molecule has 130 valence electrons. The minimum absolute atomic E-state index is 0.300. The van der Waals surface area contributed by atoms with Gasteiger partial charge in [-0.1, -0.05) is 52.0 Å². The van der Waals surface area contributed by atoms with Crippen molar-refractivity contribution < 1.29 is 14.3 Å². The van der Waals surface area contributed by atoms with Crippen molar-refractivity contribution in [2.45, 2.75) is 71.6 Å². The van der Waals surface area contributed by atoms with Crippen molar-refractivity contribution in [2.24, 2.45) is 0 Å². The van der Waals surface area contributed by atoms with E-state index in [1.807, 2.05) is 6.07 Å². The van der Waals surface area contributed by atoms with E-state index in [2.05, 4.69) is 19.9 Å². The Hall–Kier alpha value is -1.51. The first-order valence-corrected chi connectivity index (χ1v) is 8.95. The molecule has 0 radical (unpaired) electrons. The van der Waals surface area contributed by atoms with Crippen molar-refractivity contribution in [3.05, 3.63) is 28.8 Å². The molecule has 0 aliphatic carbocycles. The minimum atomic E-state index is -0.300. The molecule has 0 atom stereocenters. The largest absolute Gasteiger partial charge is 0.496 e. The fourth-order valence-corrected chi connectivity index (χ4v) is 2.89. The molecule has 1 aromatic rings. The first-order valence-electron chi connectivity index (χ1n) is 8.95. The van der Waals surface area contributed by atoms with Gasteiger partial charge in [0.2, 0.25) is 0 Å². The second-order valence-corrected chi connectivity index (χ2v) is 6.09. The molecule has 0 unspecified atom stereocenters. The molecule has 0 aliphatic heterocycles. The van der Waals surface area contributed by atoms with Crippen molar-refractivity contribution in [2.75, 3.05) is 14.2 Å². The number of carbonyl (C=O) groups is 1. The van der Waals surface area contributed by atoms with Gasteiger partial charge in [0, 0.05) is 0 Å². The van der Waals surface area contributed by atoms with E-state index < -0.39 is 0 Å². The second kappa shape index (κ2) is 11.1. The van der Waals surface area contributed by atoms with Crippen LogP contribution in [0.5, 0.6) is 5.75 Å². The fraction of sp³-hybridized carbons (Fsp3) is 0.650. The van der Waals surface area contributed by atoms with Crippen LogP contribution < -0.4 is 4.74 Å². The molecule has 3 nitrogen and oxygen atoms in total. The van der Waals surface area contributed by atoms with E-state index >= 15 is 0 Å². The number of esters is 1. The van der Waals surface area contributed by atoms with Crippen LogP contribution in [0.4, 0.5) is 0 Å². The normalized spacial score (nSPS) is 10.6. The Bertz CT molecular complexity index is 480. The zero-order valence-electron chi connectivity index (χ0n) is 15.2. The number of ether oxygens (including phenoxy) is 2. The third-order valence-corrected chi connectivity index (χ3v) is 4.22. The summed E-state index contributed by atoms with van der Waals surface area (Å²) in [6, 6.07) is 4.18. The lowest BCUT2D eigenvalue weighted by Gasteiger charge is -2.15. The molecule has 0 aromatic heterocycles. The van der Waals surface area contributed by atoms with Crippen LogP contribution in [0.1, 0.15) is 80.3 Å². The van der Waals surface area contributed by atoms with Gasteiger partial charge in [-0.2, -0.15) is 0 Å². The Morgan fingerprint density at radius 2 is 1.57 bits per heavy atom. The topological polar surface area (TPSA) is 35.5 Å². The summed E-state index contributed by atoms with van der Waals surface area (Å²) in [7, 11) is 3.05. The predicted molar refractivity (Wildman–Crippen MR) is 95.4 cm³/mol. The maximum atomic E-state index is 12.2. The summed E-state index contributed by atoms with van der Waals surface area (Å²) in [4.78, 5) is 12.2. The summed E-state index contributed by atoms with van der Waals surface area (Å²) >= 11 is 0. The molecule has 0 saturated carbocycles. The maximum absolute atomic E-state index is 12.2. The molecule has 0 amide bonds. The summed E-state index contributed by atoms with van der Waals surface area (Å²) in [5.74, 6) is 0.349. The Balaban J connectivity index is 3.00. The molecule has 1 aromatic carbocycles. The van der Waals surface area contributed by atoms with E-state index in [1.54, 1.807) is 7.11 Å². The molecule has 0 saturated heterocycles. The molecule has 3 heteroatoms. The minimum Gasteiger partial charge on any atom is -0.496 e. The lowest BCUT2D eigenvalue weighted by molar-refractivity contribution is 0.0595. The van der Waals surface area contributed by atoms with Gasteiger partial charge in [0.05, 0.1) is 14.2 Å². The Labute approximate surface area is 141 Å². The fourth-order valence-electron chi connectivity index (χ4n) is 2.89. The van der Waals surface area contributed by atoms with E-state index in [0.717, 1.165) is 24.8 Å². The van der Waals surface area contributed by atoms with Crippen LogP contribution in [0.25, 0.3) is 0 Å². The Morgan fingerprint density at radius 3 is 2.17 bits per heavy atom. The monoisotopic (exact) mass is 320 g/mol. The molecule has 0 aliphatic rings. The van der Waals surface area contributed by atoms with E-state index in [4.69, 9.17) is 9.47 Å². The number of unbranched alkanes of at least 4 members (excludes halogenated alkanes) is 5. The van der Waals surface area contributed by atoms with Crippen molar-refractivity contribution in [3.63, 3.8) is 0 Å². The van der Waals surface area contributed by atoms with Gasteiger partial charge in [-0.15, -0.1) is 0 Å². The average molecular weight is 320 g/mol. The molecule has 0 fully saturated rings. The van der Waals surface area contributed by atoms with Crippen molar-refractivity contribution in [1.29, 1.82) is 0 Å². The van der Waals surface area contributed by atoms with Gasteiger partial charge >= 0.3 is 5.97 Å². The third-order valence-electron chi connectivity index (χ3n) is 4.22. The molecule has 23 heavy (non-hydrogen) atoms. The average Bonchev–Trinajstić information content (AvgIpc) is 2.57. The standard InChI is InChI=1S/C20H32O3/c1-5-7-9-11-12-16-14-17(13-10-8-6-2)19(20(21)23-4)18(15-16)22-3/h14-15H,5-13H2,1-4H3. The van der Waals surface area contributed by atoms with Gasteiger partial charge in [0.15, 0.2) is 0 Å². The molecular formula is C20H32O3. The van der Waals surface area contributed by atoms with Crippen LogP contribution in [0, 0.1) is 0 Å². The van der Waals surface area contributed by atoms with Crippen molar-refractivity contribution in [3.8, 4) is 5.75 Å². The molecule has 0 N–H and O–H groups in total. The van der Waals surface area contributed by atoms with Crippen LogP contribution in [0.3, 0.4) is 0 Å². The summed E-state index contributed by atoms with van der Waals surface area (Å²) < 4.78 is 10.4. The molecular weight excluding hydrogens is 288 g/mol. The van der Waals surface area contributed by atoms with Crippen LogP contribution in [0.2, 0.25) is 0 Å². The van der Waals surface area contributed by atoms with Gasteiger partial charge in [0.25, 0.3) is 0 Å². The lowest BCUT2D eigenvalue weighted by Crippen LogP contribution is -2.09. The SMILES string of the molecule is CCCCCCc1cc(CCCCC)c(C(=O)OC)c(OC)c1. The number of hydrogen-bond donors (Lipinski definition) is 0. The van der Waals surface area contributed by atoms with Crippen LogP contribution in [0.15, 0.2) is 12.1 Å². The van der Waals surface area contributed by atoms with Crippen LogP contribution in [-0.4, -0.2) is 20.2 Å². The van der Waals surface area contributed by atoms with Crippen molar-refractivity contribution >= 4 is 5.97 Å². The van der Waals surface area contributed by atoms with E-state index in [-0.39, 0.29) is 5.97 Å². The Morgan fingerprint density at radius 1 is 0.913 bits per heavy atom. The summed E-state index contributed by atoms with van der Waals surface area (Å²) in [6.07, 6.45) is 10.3. The number of carbonyl (C=O) groups excluding carboxylic acids is 1. The first kappa shape index (κ1) is 19.5. The highest BCUT2D eigenvalue weighted by Gasteiger charge is 2.19. The molecule has 0 bridgehead atoms. The smallest absolute Gasteiger partial charge is 0.341 e. The number of benzene rings is 1. The predicted octanol–water partition coefficient (Wildman–Crippen LogP) is 5.34. The van der Waals surface area contributed by atoms with Gasteiger partial charge < -0.3 is 9.47 Å². The number of aryl methyl sites for hydroxylation is 2. The zero-order valence-corrected chi connectivity index (χ0v) is 15.2. The van der Waals surface area contributed by atoms with Gasteiger partial charge in [-0.3, -0.25) is 0 Å². The number of methoxy groups -OCH3 is 2. The quantitative estimate of drug-likeness (QED) is 0.408. The summed E-state index contributed by atoms with van der Waals surface area (Å²) in [6.45, 7) is 4.41. The number of hydrogen-bond acceptors (Lipinski definition) is 3. The van der Waals surface area contributed by atoms with Gasteiger partial charge in [0.1, 0.15) is 11.3 Å². The highest BCUT2D eigenvalue weighted by Crippen LogP contribution is 2.28. The molecule has 0 heterocycles. The van der Waals surface area contributed by atoms with Gasteiger partial charge in [-0.25, -0.2) is 4.79 Å². The second-order valence-electron chi connectivity index (χ2n) is 6.09. The van der Waals surface area contributed by atoms with E-state index in [9.17, 15) is 4.79 Å². The maximum Gasteiger partial charge on any atom is 0.341 e. The Kier molecular flexibility index (Phi) is 9.42. The number of rotatable bonds is 11. The molecule has 1 rings (SSSR count).